The summed E-state index contributed by atoms with van der Waals surface area (Å²) in [6, 6.07) is 25.7. The zero-order valence-corrected chi connectivity index (χ0v) is 44.1. The minimum atomic E-state index is -0.653. The third-order valence-corrected chi connectivity index (χ3v) is 12.9. The molecule has 4 aromatic rings. The molecule has 408 valence electrons. The summed E-state index contributed by atoms with van der Waals surface area (Å²) in [6.45, 7) is 8.87. The molecule has 0 aliphatic heterocycles. The highest BCUT2D eigenvalue weighted by Crippen LogP contribution is 2.27. The van der Waals surface area contributed by atoms with Crippen LogP contribution in [0.5, 0.6) is 23.0 Å². The Morgan fingerprint density at radius 2 is 0.618 bits per heavy atom. The normalized spacial score (nSPS) is 13.8. The molecule has 14 heteroatoms. The third-order valence-electron chi connectivity index (χ3n) is 12.9. The minimum absolute atomic E-state index is 0.254. The average molecular weight is 1050 g/mol. The summed E-state index contributed by atoms with van der Waals surface area (Å²) < 4.78 is 44.6. The van der Waals surface area contributed by atoms with Crippen LogP contribution in [-0.4, -0.2) is 74.5 Å². The van der Waals surface area contributed by atoms with Gasteiger partial charge in [0.15, 0.2) is 0 Å². The fraction of sp³-hybridized carbons (Fsp3) is 0.452. The Bertz CT molecular complexity index is 2220. The number of carbonyl (C=O) groups is 6. The van der Waals surface area contributed by atoms with Crippen molar-refractivity contribution in [1.82, 2.24) is 0 Å². The lowest BCUT2D eigenvalue weighted by molar-refractivity contribution is -0.138. The van der Waals surface area contributed by atoms with Crippen molar-refractivity contribution >= 4 is 35.8 Å². The van der Waals surface area contributed by atoms with Crippen LogP contribution in [0.1, 0.15) is 183 Å². The Balaban J connectivity index is 0.932. The van der Waals surface area contributed by atoms with Crippen LogP contribution < -0.4 is 18.9 Å². The molecule has 14 nitrogen and oxygen atoms in total. The van der Waals surface area contributed by atoms with E-state index in [0.29, 0.717) is 61.9 Å². The van der Waals surface area contributed by atoms with E-state index in [2.05, 4.69) is 13.2 Å². The van der Waals surface area contributed by atoms with Gasteiger partial charge in [-0.05, 0) is 148 Å². The number of esters is 6. The third kappa shape index (κ3) is 23.1. The van der Waals surface area contributed by atoms with E-state index in [1.807, 2.05) is 0 Å². The van der Waals surface area contributed by atoms with Crippen LogP contribution in [0.2, 0.25) is 0 Å². The number of benzene rings is 4. The van der Waals surface area contributed by atoms with Gasteiger partial charge in [-0.2, -0.15) is 0 Å². The second-order valence-electron chi connectivity index (χ2n) is 18.9. The molecule has 4 aromatic carbocycles. The zero-order chi connectivity index (χ0) is 54.0. The van der Waals surface area contributed by atoms with Crippen LogP contribution >= 0.6 is 0 Å². The minimum Gasteiger partial charge on any atom is -0.494 e. The second-order valence-corrected chi connectivity index (χ2v) is 18.9. The molecule has 0 radical (unpaired) electrons. The van der Waals surface area contributed by atoms with Crippen molar-refractivity contribution in [2.24, 2.45) is 0 Å². The van der Waals surface area contributed by atoms with E-state index >= 15 is 0 Å². The maximum absolute atomic E-state index is 13.3. The van der Waals surface area contributed by atoms with E-state index in [4.69, 9.17) is 37.9 Å². The first kappa shape index (κ1) is 59.7. The van der Waals surface area contributed by atoms with Crippen molar-refractivity contribution in [3.8, 4) is 23.0 Å². The van der Waals surface area contributed by atoms with Gasteiger partial charge in [0, 0.05) is 12.2 Å². The van der Waals surface area contributed by atoms with E-state index in [9.17, 15) is 28.8 Å². The van der Waals surface area contributed by atoms with Crippen molar-refractivity contribution in [2.45, 2.75) is 153 Å². The number of unbranched alkanes of at least 4 members (excludes halogenated alkanes) is 16. The van der Waals surface area contributed by atoms with E-state index in [0.717, 1.165) is 89.9 Å². The smallest absolute Gasteiger partial charge is 0.343 e. The van der Waals surface area contributed by atoms with E-state index in [1.165, 1.54) is 99.2 Å². The Morgan fingerprint density at radius 1 is 0.355 bits per heavy atom. The predicted octanol–water partition coefficient (Wildman–Crippen LogP) is 13.7. The van der Waals surface area contributed by atoms with Crippen molar-refractivity contribution in [1.29, 1.82) is 0 Å². The summed E-state index contributed by atoms with van der Waals surface area (Å²) in [6.07, 6.45) is 23.3. The topological polar surface area (TPSA) is 176 Å². The molecule has 1 saturated carbocycles. The molecule has 0 bridgehead atoms. The fourth-order valence-electron chi connectivity index (χ4n) is 8.49. The summed E-state index contributed by atoms with van der Waals surface area (Å²) in [4.78, 5) is 74.4. The summed E-state index contributed by atoms with van der Waals surface area (Å²) in [7, 11) is 0. The van der Waals surface area contributed by atoms with Gasteiger partial charge in [-0.1, -0.05) is 103 Å². The quantitative estimate of drug-likeness (QED) is 0.0138. The standard InChI is InChI=1S/C62H76O14/c1-3-57(63)71-45-23-17-13-9-5-7-11-15-21-43-69-51-35-27-47(28-36-51)59(65)73-53-39-31-49(32-40-53)61(67)75-55-25-19-20-26-56(55)76-62(68)50-33-41-54(42-34-50)74-60(66)48-29-37-52(38-30-48)70-44-22-16-12-8-6-10-14-18-24-46-72-58(64)4-2/h3-4,27-42,55-56H,1-2,5-26,43-46H2/t55-,56-/m1/s1. The molecule has 0 amide bonds. The van der Waals surface area contributed by atoms with Gasteiger partial charge in [-0.15, -0.1) is 0 Å². The number of hydrogen-bond acceptors (Lipinski definition) is 14. The van der Waals surface area contributed by atoms with Crippen LogP contribution in [0.3, 0.4) is 0 Å². The molecule has 76 heavy (non-hydrogen) atoms. The largest absolute Gasteiger partial charge is 0.494 e. The van der Waals surface area contributed by atoms with Gasteiger partial charge in [0.25, 0.3) is 0 Å². The molecular formula is C62H76O14. The number of ether oxygens (including phenoxy) is 8. The highest BCUT2D eigenvalue weighted by molar-refractivity contribution is 5.93. The Kier molecular flexibility index (Phi) is 27.6. The van der Waals surface area contributed by atoms with Crippen LogP contribution in [0.25, 0.3) is 0 Å². The van der Waals surface area contributed by atoms with Crippen LogP contribution in [0.15, 0.2) is 122 Å². The molecule has 1 aliphatic carbocycles. The number of hydrogen-bond donors (Lipinski definition) is 0. The van der Waals surface area contributed by atoms with Crippen molar-refractivity contribution < 1.29 is 66.7 Å². The lowest BCUT2D eigenvalue weighted by Crippen LogP contribution is -2.37. The van der Waals surface area contributed by atoms with E-state index < -0.39 is 36.1 Å². The van der Waals surface area contributed by atoms with Crippen LogP contribution in [0, 0.1) is 0 Å². The summed E-state index contributed by atoms with van der Waals surface area (Å²) in [5.41, 5.74) is 1.21. The second kappa shape index (κ2) is 35.1. The Labute approximate surface area is 448 Å². The van der Waals surface area contributed by atoms with Crippen LogP contribution in [0.4, 0.5) is 0 Å². The summed E-state index contributed by atoms with van der Waals surface area (Å²) in [5.74, 6) is -1.15. The first-order valence-corrected chi connectivity index (χ1v) is 27.2. The van der Waals surface area contributed by atoms with Crippen molar-refractivity contribution in [3.63, 3.8) is 0 Å². The first-order chi connectivity index (χ1) is 37.1. The van der Waals surface area contributed by atoms with Gasteiger partial charge in [-0.25, -0.2) is 28.8 Å². The Hall–Kier alpha value is -7.22. The van der Waals surface area contributed by atoms with Gasteiger partial charge in [0.1, 0.15) is 35.2 Å². The predicted molar refractivity (Wildman–Crippen MR) is 289 cm³/mol. The lowest BCUT2D eigenvalue weighted by atomic mass is 9.94. The van der Waals surface area contributed by atoms with Gasteiger partial charge >= 0.3 is 35.8 Å². The first-order valence-electron chi connectivity index (χ1n) is 27.2. The molecule has 5 rings (SSSR count). The molecule has 1 aliphatic rings. The van der Waals surface area contributed by atoms with Gasteiger partial charge < -0.3 is 37.9 Å². The maximum atomic E-state index is 13.3. The zero-order valence-electron chi connectivity index (χ0n) is 44.1. The monoisotopic (exact) mass is 1040 g/mol. The molecule has 0 N–H and O–H groups in total. The van der Waals surface area contributed by atoms with Crippen molar-refractivity contribution in [2.75, 3.05) is 26.4 Å². The highest BCUT2D eigenvalue weighted by atomic mass is 16.6. The molecule has 0 unspecified atom stereocenters. The molecular weight excluding hydrogens is 969 g/mol. The Morgan fingerprint density at radius 3 is 0.921 bits per heavy atom. The fourth-order valence-corrected chi connectivity index (χ4v) is 8.49. The lowest BCUT2D eigenvalue weighted by Gasteiger charge is -2.30. The molecule has 0 heterocycles. The SMILES string of the molecule is C=CC(=O)OCCCCCCCCCCCOc1ccc(C(=O)Oc2ccc(C(=O)O[C@@H]3CCCC[C@H]3OC(=O)c3ccc(OC(=O)c4ccc(OCCCCCCCCCCCOC(=O)C=C)cc4)cc3)cc2)cc1. The van der Waals surface area contributed by atoms with Gasteiger partial charge in [0.2, 0.25) is 0 Å². The number of carbonyl (C=O) groups excluding carboxylic acids is 6. The van der Waals surface area contributed by atoms with E-state index in [-0.39, 0.29) is 34.6 Å². The number of rotatable bonds is 36. The summed E-state index contributed by atoms with van der Waals surface area (Å²) in [5, 5.41) is 0. The van der Waals surface area contributed by atoms with E-state index in [1.54, 1.807) is 48.5 Å². The molecule has 0 spiro atoms. The van der Waals surface area contributed by atoms with Gasteiger partial charge in [0.05, 0.1) is 48.7 Å². The van der Waals surface area contributed by atoms with Crippen molar-refractivity contribution in [3.05, 3.63) is 145 Å². The van der Waals surface area contributed by atoms with Crippen LogP contribution in [-0.2, 0) is 28.5 Å². The molecule has 0 saturated heterocycles. The highest BCUT2D eigenvalue weighted by Gasteiger charge is 2.32. The molecule has 2 atom stereocenters. The van der Waals surface area contributed by atoms with Gasteiger partial charge in [-0.3, -0.25) is 0 Å². The average Bonchev–Trinajstić information content (AvgIpc) is 3.44. The maximum Gasteiger partial charge on any atom is 0.343 e. The molecule has 0 aromatic heterocycles. The summed E-state index contributed by atoms with van der Waals surface area (Å²) >= 11 is 0. The molecule has 1 fully saturated rings.